The van der Waals surface area contributed by atoms with E-state index in [0.29, 0.717) is 0 Å². The first-order chi connectivity index (χ1) is 7.69. The van der Waals surface area contributed by atoms with Crippen molar-refractivity contribution in [1.82, 2.24) is 10.2 Å². The number of fused-ring (bicyclic) bond motifs is 2. The molecule has 2 aliphatic rings. The van der Waals surface area contributed by atoms with E-state index in [4.69, 9.17) is 0 Å². The highest BCUT2D eigenvalue weighted by atomic mass is 15.2. The Balaban J connectivity index is 1.94. The number of rotatable bonds is 5. The van der Waals surface area contributed by atoms with Gasteiger partial charge in [-0.25, -0.2) is 0 Å². The van der Waals surface area contributed by atoms with Crippen LogP contribution in [-0.2, 0) is 0 Å². The standard InChI is InChI=1S/C14H26N2/c1-4-7-16(10-11(2)3)14-8-12-5-6-13(9-14)15-12/h12-15H,2,4-10H2,1,3H3. The predicted molar refractivity (Wildman–Crippen MR) is 69.6 cm³/mol. The van der Waals surface area contributed by atoms with Gasteiger partial charge in [0.2, 0.25) is 0 Å². The fourth-order valence-electron chi connectivity index (χ4n) is 3.35. The van der Waals surface area contributed by atoms with E-state index in [0.717, 1.165) is 24.7 Å². The third kappa shape index (κ3) is 2.86. The van der Waals surface area contributed by atoms with Crippen molar-refractivity contribution in [3.8, 4) is 0 Å². The summed E-state index contributed by atoms with van der Waals surface area (Å²) in [7, 11) is 0. The Hall–Kier alpha value is -0.340. The minimum atomic E-state index is 0.799. The van der Waals surface area contributed by atoms with Crippen LogP contribution in [0.15, 0.2) is 12.2 Å². The molecule has 2 heteroatoms. The molecule has 2 atom stereocenters. The first-order valence-corrected chi connectivity index (χ1v) is 6.83. The van der Waals surface area contributed by atoms with Crippen molar-refractivity contribution in [2.75, 3.05) is 13.1 Å². The molecule has 2 bridgehead atoms. The molecule has 2 heterocycles. The topological polar surface area (TPSA) is 15.3 Å². The summed E-state index contributed by atoms with van der Waals surface area (Å²) in [6.45, 7) is 10.8. The molecule has 2 rings (SSSR count). The highest BCUT2D eigenvalue weighted by Crippen LogP contribution is 2.30. The van der Waals surface area contributed by atoms with E-state index in [1.54, 1.807) is 0 Å². The first-order valence-electron chi connectivity index (χ1n) is 6.83. The normalized spacial score (nSPS) is 33.3. The molecule has 2 saturated heterocycles. The van der Waals surface area contributed by atoms with Crippen LogP contribution in [-0.4, -0.2) is 36.1 Å². The van der Waals surface area contributed by atoms with Gasteiger partial charge in [-0.1, -0.05) is 19.1 Å². The minimum Gasteiger partial charge on any atom is -0.311 e. The molecule has 0 aliphatic carbocycles. The summed E-state index contributed by atoms with van der Waals surface area (Å²) < 4.78 is 0. The van der Waals surface area contributed by atoms with Gasteiger partial charge < -0.3 is 5.32 Å². The van der Waals surface area contributed by atoms with E-state index in [2.05, 4.69) is 30.6 Å². The molecule has 0 aromatic carbocycles. The SMILES string of the molecule is C=C(C)CN(CCC)C1CC2CCC(C1)N2. The smallest absolute Gasteiger partial charge is 0.0190 e. The maximum Gasteiger partial charge on any atom is 0.0190 e. The summed E-state index contributed by atoms with van der Waals surface area (Å²) in [5.74, 6) is 0. The van der Waals surface area contributed by atoms with Crippen LogP contribution in [0.25, 0.3) is 0 Å². The Morgan fingerprint density at radius 3 is 2.44 bits per heavy atom. The summed E-state index contributed by atoms with van der Waals surface area (Å²) in [6.07, 6.45) is 6.75. The average Bonchev–Trinajstić information content (AvgIpc) is 2.56. The average molecular weight is 222 g/mol. The Morgan fingerprint density at radius 1 is 1.31 bits per heavy atom. The van der Waals surface area contributed by atoms with Crippen LogP contribution in [0.2, 0.25) is 0 Å². The highest BCUT2D eigenvalue weighted by molar-refractivity contribution is 4.99. The summed E-state index contributed by atoms with van der Waals surface area (Å²) in [6, 6.07) is 2.40. The van der Waals surface area contributed by atoms with Crippen LogP contribution in [0.5, 0.6) is 0 Å². The summed E-state index contributed by atoms with van der Waals surface area (Å²) in [4.78, 5) is 2.66. The third-order valence-electron chi connectivity index (χ3n) is 3.95. The zero-order valence-corrected chi connectivity index (χ0v) is 10.8. The van der Waals surface area contributed by atoms with Crippen molar-refractivity contribution in [2.45, 2.75) is 64.1 Å². The molecule has 0 amide bonds. The van der Waals surface area contributed by atoms with Crippen molar-refractivity contribution in [1.29, 1.82) is 0 Å². The largest absolute Gasteiger partial charge is 0.311 e. The summed E-state index contributed by atoms with van der Waals surface area (Å²) in [5, 5.41) is 3.72. The maximum atomic E-state index is 4.07. The number of hydrogen-bond donors (Lipinski definition) is 1. The van der Waals surface area contributed by atoms with E-state index in [1.807, 2.05) is 0 Å². The van der Waals surface area contributed by atoms with Gasteiger partial charge in [0.1, 0.15) is 0 Å². The Morgan fingerprint density at radius 2 is 1.94 bits per heavy atom. The summed E-state index contributed by atoms with van der Waals surface area (Å²) >= 11 is 0. The van der Waals surface area contributed by atoms with E-state index in [-0.39, 0.29) is 0 Å². The van der Waals surface area contributed by atoms with Gasteiger partial charge in [0, 0.05) is 24.7 Å². The van der Waals surface area contributed by atoms with E-state index in [9.17, 15) is 0 Å². The third-order valence-corrected chi connectivity index (χ3v) is 3.95. The molecule has 0 aromatic rings. The molecule has 2 fully saturated rings. The summed E-state index contributed by atoms with van der Waals surface area (Å²) in [5.41, 5.74) is 1.30. The number of nitrogens with zero attached hydrogens (tertiary/aromatic N) is 1. The van der Waals surface area contributed by atoms with Crippen LogP contribution in [0, 0.1) is 0 Å². The second-order valence-corrected chi connectivity index (χ2v) is 5.69. The van der Waals surface area contributed by atoms with E-state index >= 15 is 0 Å². The molecule has 0 saturated carbocycles. The van der Waals surface area contributed by atoms with Gasteiger partial charge in [0.25, 0.3) is 0 Å². The lowest BCUT2D eigenvalue weighted by Crippen LogP contribution is -2.48. The quantitative estimate of drug-likeness (QED) is 0.719. The number of hydrogen-bond acceptors (Lipinski definition) is 2. The number of piperidine rings is 1. The Bertz CT molecular complexity index is 237. The van der Waals surface area contributed by atoms with Crippen molar-refractivity contribution < 1.29 is 0 Å². The predicted octanol–water partition coefficient (Wildman–Crippen LogP) is 2.56. The minimum absolute atomic E-state index is 0.799. The lowest BCUT2D eigenvalue weighted by molar-refractivity contribution is 0.152. The van der Waals surface area contributed by atoms with Crippen LogP contribution >= 0.6 is 0 Å². The molecule has 1 N–H and O–H groups in total. The Kier molecular flexibility index (Phi) is 4.04. The van der Waals surface area contributed by atoms with Gasteiger partial charge in [-0.15, -0.1) is 0 Å². The highest BCUT2D eigenvalue weighted by Gasteiger charge is 2.35. The van der Waals surface area contributed by atoms with Crippen molar-refractivity contribution in [3.63, 3.8) is 0 Å². The van der Waals surface area contributed by atoms with Crippen LogP contribution in [0.1, 0.15) is 46.0 Å². The molecule has 0 radical (unpaired) electrons. The van der Waals surface area contributed by atoms with Crippen molar-refractivity contribution in [3.05, 3.63) is 12.2 Å². The fourth-order valence-corrected chi connectivity index (χ4v) is 3.35. The second kappa shape index (κ2) is 5.33. The molecule has 92 valence electrons. The van der Waals surface area contributed by atoms with Crippen LogP contribution in [0.4, 0.5) is 0 Å². The molecule has 2 nitrogen and oxygen atoms in total. The van der Waals surface area contributed by atoms with Crippen LogP contribution in [0.3, 0.4) is 0 Å². The Labute approximate surface area is 100 Å². The molecule has 0 aromatic heterocycles. The molecular weight excluding hydrogens is 196 g/mol. The molecule has 0 spiro atoms. The van der Waals surface area contributed by atoms with Gasteiger partial charge >= 0.3 is 0 Å². The molecule has 2 aliphatic heterocycles. The van der Waals surface area contributed by atoms with Crippen molar-refractivity contribution in [2.24, 2.45) is 0 Å². The van der Waals surface area contributed by atoms with Crippen LogP contribution < -0.4 is 5.32 Å². The van der Waals surface area contributed by atoms with Gasteiger partial charge in [0.05, 0.1) is 0 Å². The molecular formula is C14H26N2. The van der Waals surface area contributed by atoms with Gasteiger partial charge in [-0.3, -0.25) is 4.90 Å². The van der Waals surface area contributed by atoms with Gasteiger partial charge in [-0.2, -0.15) is 0 Å². The van der Waals surface area contributed by atoms with E-state index in [1.165, 1.54) is 44.2 Å². The lowest BCUT2D eigenvalue weighted by atomic mass is 9.97. The van der Waals surface area contributed by atoms with Gasteiger partial charge in [-0.05, 0) is 45.6 Å². The number of nitrogens with one attached hydrogen (secondary N) is 1. The zero-order valence-electron chi connectivity index (χ0n) is 10.8. The first kappa shape index (κ1) is 12.1. The van der Waals surface area contributed by atoms with Crippen molar-refractivity contribution >= 4 is 0 Å². The lowest BCUT2D eigenvalue weighted by Gasteiger charge is -2.38. The van der Waals surface area contributed by atoms with Gasteiger partial charge in [0.15, 0.2) is 0 Å². The maximum absolute atomic E-state index is 4.07. The fraction of sp³-hybridized carbons (Fsp3) is 0.857. The van der Waals surface area contributed by atoms with E-state index < -0.39 is 0 Å². The second-order valence-electron chi connectivity index (χ2n) is 5.69. The molecule has 16 heavy (non-hydrogen) atoms. The zero-order chi connectivity index (χ0) is 11.5. The monoisotopic (exact) mass is 222 g/mol. The molecule has 2 unspecified atom stereocenters.